The number of nitrogens with one attached hydrogen (secondary N) is 3. The fourth-order valence-electron chi connectivity index (χ4n) is 2.86. The first-order valence-corrected chi connectivity index (χ1v) is 8.39. The van der Waals surface area contributed by atoms with Gasteiger partial charge in [-0.3, -0.25) is 4.79 Å². The third kappa shape index (κ3) is 4.42. The number of ether oxygens (including phenoxy) is 1. The van der Waals surface area contributed by atoms with Gasteiger partial charge in [-0.15, -0.1) is 12.4 Å². The summed E-state index contributed by atoms with van der Waals surface area (Å²) in [5, 5.41) is 7.38. The van der Waals surface area contributed by atoms with E-state index < -0.39 is 0 Å². The topological polar surface area (TPSA) is 66.2 Å². The van der Waals surface area contributed by atoms with Crippen LogP contribution >= 0.6 is 12.4 Å². The molecule has 3 rings (SSSR count). The number of rotatable bonds is 5. The van der Waals surface area contributed by atoms with Gasteiger partial charge in [0.1, 0.15) is 11.4 Å². The lowest BCUT2D eigenvalue weighted by Gasteiger charge is -2.23. The molecule has 0 spiro atoms. The first-order valence-electron chi connectivity index (χ1n) is 8.39. The van der Waals surface area contributed by atoms with Crippen LogP contribution in [0.3, 0.4) is 0 Å². The highest BCUT2D eigenvalue weighted by molar-refractivity contribution is 5.99. The predicted octanol–water partition coefficient (Wildman–Crippen LogP) is 3.11. The summed E-state index contributed by atoms with van der Waals surface area (Å²) in [5.74, 6) is 1.25. The Bertz CT molecular complexity index is 678. The molecule has 6 heteroatoms. The summed E-state index contributed by atoms with van der Waals surface area (Å²) in [7, 11) is 0. The van der Waals surface area contributed by atoms with Gasteiger partial charge in [-0.2, -0.15) is 0 Å². The summed E-state index contributed by atoms with van der Waals surface area (Å²) in [6.45, 7) is 6.83. The lowest BCUT2D eigenvalue weighted by molar-refractivity contribution is 0.0925. The van der Waals surface area contributed by atoms with Gasteiger partial charge in [0.15, 0.2) is 0 Å². The highest BCUT2D eigenvalue weighted by atomic mass is 35.5. The van der Waals surface area contributed by atoms with Gasteiger partial charge in [0.2, 0.25) is 0 Å². The fourth-order valence-corrected chi connectivity index (χ4v) is 2.86. The number of carbonyl (C=O) groups excluding carboxylic acids is 1. The number of hydrogen-bond acceptors (Lipinski definition) is 3. The number of amides is 1. The van der Waals surface area contributed by atoms with Crippen molar-refractivity contribution in [3.63, 3.8) is 0 Å². The Hall–Kier alpha value is -1.72. The van der Waals surface area contributed by atoms with Crippen molar-refractivity contribution in [3.05, 3.63) is 30.0 Å². The van der Waals surface area contributed by atoms with Crippen LogP contribution in [0.15, 0.2) is 24.3 Å². The first kappa shape index (κ1) is 18.6. The Balaban J connectivity index is 0.00000208. The lowest BCUT2D eigenvalue weighted by Crippen LogP contribution is -2.42. The highest BCUT2D eigenvalue weighted by Gasteiger charge is 2.18. The smallest absolute Gasteiger partial charge is 0.267 e. The van der Waals surface area contributed by atoms with Crippen molar-refractivity contribution < 1.29 is 9.53 Å². The molecule has 1 aromatic heterocycles. The minimum Gasteiger partial charge on any atom is -0.493 e. The second-order valence-electron chi connectivity index (χ2n) is 6.60. The van der Waals surface area contributed by atoms with E-state index in [1.807, 2.05) is 24.3 Å². The van der Waals surface area contributed by atoms with Crippen molar-refractivity contribution in [1.82, 2.24) is 15.6 Å². The van der Waals surface area contributed by atoms with Crippen molar-refractivity contribution in [2.75, 3.05) is 19.7 Å². The number of halogens is 1. The molecule has 1 amide bonds. The summed E-state index contributed by atoms with van der Waals surface area (Å²) < 4.78 is 5.86. The molecule has 3 N–H and O–H groups in total. The van der Waals surface area contributed by atoms with Gasteiger partial charge in [0.05, 0.1) is 6.61 Å². The normalized spacial score (nSPS) is 15.3. The molecule has 1 fully saturated rings. The monoisotopic (exact) mass is 351 g/mol. The summed E-state index contributed by atoms with van der Waals surface area (Å²) >= 11 is 0. The van der Waals surface area contributed by atoms with Crippen LogP contribution in [0.5, 0.6) is 5.75 Å². The van der Waals surface area contributed by atoms with E-state index in [4.69, 9.17) is 4.74 Å². The molecule has 0 atom stereocenters. The quantitative estimate of drug-likeness (QED) is 0.775. The molecular formula is C18H26ClN3O2. The molecule has 132 valence electrons. The van der Waals surface area contributed by atoms with Crippen LogP contribution in [-0.2, 0) is 0 Å². The van der Waals surface area contributed by atoms with E-state index in [0.717, 1.165) is 42.6 Å². The highest BCUT2D eigenvalue weighted by Crippen LogP contribution is 2.27. The molecule has 1 aliphatic heterocycles. The summed E-state index contributed by atoms with van der Waals surface area (Å²) in [6, 6.07) is 8.02. The van der Waals surface area contributed by atoms with Gasteiger partial charge in [-0.1, -0.05) is 19.9 Å². The number of fused-ring (bicyclic) bond motifs is 1. The average molecular weight is 352 g/mol. The van der Waals surface area contributed by atoms with Crippen molar-refractivity contribution in [2.45, 2.75) is 32.7 Å². The molecule has 0 bridgehead atoms. The molecule has 1 aliphatic rings. The molecule has 1 aromatic carbocycles. The van der Waals surface area contributed by atoms with Gasteiger partial charge < -0.3 is 20.4 Å². The van der Waals surface area contributed by atoms with E-state index >= 15 is 0 Å². The summed E-state index contributed by atoms with van der Waals surface area (Å²) in [6.07, 6.45) is 1.96. The van der Waals surface area contributed by atoms with Crippen LogP contribution in [-0.4, -0.2) is 36.6 Å². The van der Waals surface area contributed by atoms with E-state index in [1.165, 1.54) is 0 Å². The van der Waals surface area contributed by atoms with Crippen LogP contribution in [0.2, 0.25) is 0 Å². The molecule has 5 nitrogen and oxygen atoms in total. The molecule has 0 aliphatic carbocycles. The van der Waals surface area contributed by atoms with Crippen molar-refractivity contribution in [1.29, 1.82) is 0 Å². The maximum absolute atomic E-state index is 12.5. The van der Waals surface area contributed by atoms with E-state index in [9.17, 15) is 4.79 Å². The molecule has 0 saturated carbocycles. The zero-order valence-corrected chi connectivity index (χ0v) is 15.0. The van der Waals surface area contributed by atoms with Gasteiger partial charge in [0, 0.05) is 16.9 Å². The molecular weight excluding hydrogens is 326 g/mol. The van der Waals surface area contributed by atoms with Gasteiger partial charge in [-0.25, -0.2) is 0 Å². The molecule has 2 heterocycles. The molecule has 1 saturated heterocycles. The van der Waals surface area contributed by atoms with Crippen LogP contribution in [0.4, 0.5) is 0 Å². The van der Waals surface area contributed by atoms with Crippen molar-refractivity contribution in [3.8, 4) is 5.75 Å². The third-order valence-electron chi connectivity index (χ3n) is 4.12. The SMILES string of the molecule is CC(C)COc1cccc2[nH]c(C(=O)NC3CCNCC3)cc12.Cl. The summed E-state index contributed by atoms with van der Waals surface area (Å²) in [4.78, 5) is 15.7. The summed E-state index contributed by atoms with van der Waals surface area (Å²) in [5.41, 5.74) is 1.53. The van der Waals surface area contributed by atoms with E-state index in [1.54, 1.807) is 0 Å². The standard InChI is InChI=1S/C18H25N3O2.ClH/c1-12(2)11-23-17-5-3-4-15-14(17)10-16(21-15)18(22)20-13-6-8-19-9-7-13;/h3-5,10,12-13,19,21H,6-9,11H2,1-2H3,(H,20,22);1H. The lowest BCUT2D eigenvalue weighted by atomic mass is 10.1. The number of H-pyrrole nitrogens is 1. The van der Waals surface area contributed by atoms with Gasteiger partial charge >= 0.3 is 0 Å². The zero-order chi connectivity index (χ0) is 16.2. The number of benzene rings is 1. The molecule has 0 unspecified atom stereocenters. The minimum atomic E-state index is -0.0390. The van der Waals surface area contributed by atoms with Crippen molar-refractivity contribution >= 4 is 29.2 Å². The predicted molar refractivity (Wildman–Crippen MR) is 99.2 cm³/mol. The third-order valence-corrected chi connectivity index (χ3v) is 4.12. The van der Waals surface area contributed by atoms with Crippen LogP contribution in [0.1, 0.15) is 37.2 Å². The molecule has 24 heavy (non-hydrogen) atoms. The fraction of sp³-hybridized carbons (Fsp3) is 0.500. The second-order valence-corrected chi connectivity index (χ2v) is 6.60. The first-order chi connectivity index (χ1) is 11.1. The Morgan fingerprint density at radius 1 is 1.33 bits per heavy atom. The average Bonchev–Trinajstić information content (AvgIpc) is 2.98. The van der Waals surface area contributed by atoms with Crippen molar-refractivity contribution in [2.24, 2.45) is 5.92 Å². The number of piperidine rings is 1. The number of carbonyl (C=O) groups is 1. The molecule has 0 radical (unpaired) electrons. The number of hydrogen-bond donors (Lipinski definition) is 3. The van der Waals surface area contributed by atoms with Gasteiger partial charge in [-0.05, 0) is 50.0 Å². The number of aromatic nitrogens is 1. The van der Waals surface area contributed by atoms with Crippen LogP contribution in [0.25, 0.3) is 10.9 Å². The Morgan fingerprint density at radius 3 is 2.79 bits per heavy atom. The van der Waals surface area contributed by atoms with E-state index in [-0.39, 0.29) is 24.4 Å². The maximum atomic E-state index is 12.5. The van der Waals surface area contributed by atoms with E-state index in [0.29, 0.717) is 18.2 Å². The Morgan fingerprint density at radius 2 is 2.08 bits per heavy atom. The zero-order valence-electron chi connectivity index (χ0n) is 14.2. The largest absolute Gasteiger partial charge is 0.493 e. The maximum Gasteiger partial charge on any atom is 0.267 e. The van der Waals surface area contributed by atoms with Crippen LogP contribution in [0, 0.1) is 5.92 Å². The van der Waals surface area contributed by atoms with E-state index in [2.05, 4.69) is 29.5 Å². The Kier molecular flexibility index (Phi) is 6.52. The minimum absolute atomic E-state index is 0. The molecule has 2 aromatic rings. The second kappa shape index (κ2) is 8.40. The van der Waals surface area contributed by atoms with Crippen LogP contribution < -0.4 is 15.4 Å². The van der Waals surface area contributed by atoms with Gasteiger partial charge in [0.25, 0.3) is 5.91 Å². The Labute approximate surface area is 148 Å². The number of aromatic amines is 1.